The third-order valence-corrected chi connectivity index (χ3v) is 5.26. The number of thiocarbonyl (C=S) groups is 1. The monoisotopic (exact) mass is 383 g/mol. The molecule has 1 aliphatic carbocycles. The van der Waals surface area contributed by atoms with E-state index in [4.69, 9.17) is 21.7 Å². The standard InChI is InChI=1S/C20H21N3O3S/c1-25-16-5-2-14(3-6-16)13-23-19(24)17-12-15(22-8-10-26-11-9-22)4-7-18(17)21-20(23)27/h2-7,12,17H,8-11,13H2,1H3. The van der Waals surface area contributed by atoms with Gasteiger partial charge in [-0.05, 0) is 48.1 Å². The number of ether oxygens (including phenoxy) is 2. The number of allylic oxidation sites excluding steroid dienone is 2. The molecule has 1 amide bonds. The Kier molecular flexibility index (Phi) is 5.05. The van der Waals surface area contributed by atoms with Crippen molar-refractivity contribution in [3.05, 3.63) is 53.8 Å². The van der Waals surface area contributed by atoms with Crippen LogP contribution in [0.1, 0.15) is 5.56 Å². The fourth-order valence-corrected chi connectivity index (χ4v) is 3.68. The fraction of sp³-hybridized carbons (Fsp3) is 0.350. The van der Waals surface area contributed by atoms with Crippen molar-refractivity contribution in [1.29, 1.82) is 0 Å². The van der Waals surface area contributed by atoms with Crippen molar-refractivity contribution in [2.24, 2.45) is 10.9 Å². The summed E-state index contributed by atoms with van der Waals surface area (Å²) < 4.78 is 10.6. The number of hydrogen-bond donors (Lipinski definition) is 0. The van der Waals surface area contributed by atoms with Gasteiger partial charge in [-0.15, -0.1) is 0 Å². The molecule has 0 aromatic heterocycles. The van der Waals surface area contributed by atoms with Gasteiger partial charge in [0.1, 0.15) is 11.7 Å². The topological polar surface area (TPSA) is 54.4 Å². The summed E-state index contributed by atoms with van der Waals surface area (Å²) in [4.78, 5) is 21.5. The van der Waals surface area contributed by atoms with Gasteiger partial charge in [0.25, 0.3) is 0 Å². The number of hydrogen-bond acceptors (Lipinski definition) is 5. The maximum Gasteiger partial charge on any atom is 0.242 e. The number of nitrogens with zero attached hydrogens (tertiary/aromatic N) is 3. The van der Waals surface area contributed by atoms with Gasteiger partial charge in [-0.1, -0.05) is 12.1 Å². The molecule has 1 aromatic rings. The van der Waals surface area contributed by atoms with Crippen molar-refractivity contribution >= 4 is 28.9 Å². The van der Waals surface area contributed by atoms with Gasteiger partial charge in [0.15, 0.2) is 0 Å². The Morgan fingerprint density at radius 3 is 2.67 bits per heavy atom. The van der Waals surface area contributed by atoms with Crippen molar-refractivity contribution < 1.29 is 14.3 Å². The summed E-state index contributed by atoms with van der Waals surface area (Å²) in [5, 5.41) is 0.315. The first-order valence-electron chi connectivity index (χ1n) is 8.95. The normalized spacial score (nSPS) is 22.3. The number of fused-ring (bicyclic) bond motifs is 1. The van der Waals surface area contributed by atoms with Gasteiger partial charge < -0.3 is 14.4 Å². The first-order chi connectivity index (χ1) is 13.2. The van der Waals surface area contributed by atoms with E-state index in [0.29, 0.717) is 30.6 Å². The highest BCUT2D eigenvalue weighted by molar-refractivity contribution is 7.80. The first kappa shape index (κ1) is 17.9. The number of benzene rings is 1. The van der Waals surface area contributed by atoms with Crippen LogP contribution in [0.25, 0.3) is 0 Å². The smallest absolute Gasteiger partial charge is 0.242 e. The molecule has 1 atom stereocenters. The fourth-order valence-electron chi connectivity index (χ4n) is 3.42. The molecule has 0 saturated carbocycles. The van der Waals surface area contributed by atoms with Gasteiger partial charge in [-0.2, -0.15) is 0 Å². The lowest BCUT2D eigenvalue weighted by molar-refractivity contribution is -0.129. The second-order valence-electron chi connectivity index (χ2n) is 6.59. The van der Waals surface area contributed by atoms with E-state index in [1.54, 1.807) is 12.0 Å². The number of rotatable bonds is 4. The molecule has 1 saturated heterocycles. The Hall–Kier alpha value is -2.51. The van der Waals surface area contributed by atoms with Crippen LogP contribution in [0.2, 0.25) is 0 Å². The minimum Gasteiger partial charge on any atom is -0.497 e. The van der Waals surface area contributed by atoms with Crippen LogP contribution in [0.5, 0.6) is 5.75 Å². The third-order valence-electron chi connectivity index (χ3n) is 4.94. The molecule has 6 nitrogen and oxygen atoms in total. The Labute approximate surface area is 163 Å². The zero-order valence-corrected chi connectivity index (χ0v) is 15.9. The van der Waals surface area contributed by atoms with Crippen molar-refractivity contribution in [3.63, 3.8) is 0 Å². The number of carbonyl (C=O) groups excluding carboxylic acids is 1. The lowest BCUT2D eigenvalue weighted by Gasteiger charge is -2.35. The summed E-state index contributed by atoms with van der Waals surface area (Å²) in [6.07, 6.45) is 5.91. The van der Waals surface area contributed by atoms with Crippen LogP contribution < -0.4 is 4.74 Å². The lowest BCUT2D eigenvalue weighted by atomic mass is 9.93. The highest BCUT2D eigenvalue weighted by atomic mass is 32.1. The molecular weight excluding hydrogens is 362 g/mol. The zero-order valence-electron chi connectivity index (χ0n) is 15.1. The molecule has 0 spiro atoms. The van der Waals surface area contributed by atoms with E-state index >= 15 is 0 Å². The quantitative estimate of drug-likeness (QED) is 0.746. The second-order valence-corrected chi connectivity index (χ2v) is 6.96. The van der Waals surface area contributed by atoms with Crippen molar-refractivity contribution in [2.45, 2.75) is 6.54 Å². The Morgan fingerprint density at radius 1 is 1.22 bits per heavy atom. The largest absolute Gasteiger partial charge is 0.497 e. The lowest BCUT2D eigenvalue weighted by Crippen LogP contribution is -2.46. The van der Waals surface area contributed by atoms with E-state index in [9.17, 15) is 4.79 Å². The minimum atomic E-state index is -0.391. The summed E-state index contributed by atoms with van der Waals surface area (Å²) in [7, 11) is 1.63. The molecular formula is C20H21N3O3S. The van der Waals surface area contributed by atoms with E-state index in [-0.39, 0.29) is 5.91 Å². The highest BCUT2D eigenvalue weighted by Crippen LogP contribution is 2.26. The summed E-state index contributed by atoms with van der Waals surface area (Å²) >= 11 is 5.39. The van der Waals surface area contributed by atoms with Crippen LogP contribution in [-0.2, 0) is 16.1 Å². The summed E-state index contributed by atoms with van der Waals surface area (Å²) in [5.41, 5.74) is 2.75. The summed E-state index contributed by atoms with van der Waals surface area (Å²) in [6, 6.07) is 7.62. The van der Waals surface area contributed by atoms with Gasteiger partial charge in [0.2, 0.25) is 11.0 Å². The van der Waals surface area contributed by atoms with Crippen molar-refractivity contribution in [3.8, 4) is 5.75 Å². The van der Waals surface area contributed by atoms with Crippen LogP contribution in [0.4, 0.5) is 0 Å². The Morgan fingerprint density at radius 2 is 1.96 bits per heavy atom. The van der Waals surface area contributed by atoms with E-state index in [1.165, 1.54) is 0 Å². The number of amides is 1. The Bertz CT molecular complexity index is 839. The zero-order chi connectivity index (χ0) is 18.8. The summed E-state index contributed by atoms with van der Waals surface area (Å²) in [6.45, 7) is 3.48. The van der Waals surface area contributed by atoms with Crippen molar-refractivity contribution in [1.82, 2.24) is 9.80 Å². The average molecular weight is 383 g/mol. The molecule has 0 radical (unpaired) electrons. The molecule has 140 valence electrons. The van der Waals surface area contributed by atoms with E-state index in [2.05, 4.69) is 9.89 Å². The van der Waals surface area contributed by atoms with Crippen LogP contribution in [0, 0.1) is 5.92 Å². The van der Waals surface area contributed by atoms with E-state index in [0.717, 1.165) is 30.1 Å². The van der Waals surface area contributed by atoms with E-state index in [1.807, 2.05) is 42.5 Å². The SMILES string of the molecule is COc1ccc(CN2C(=O)C3C=C(N4CCOCC4)C=CC3=NC2=S)cc1. The van der Waals surface area contributed by atoms with Crippen LogP contribution in [0.3, 0.4) is 0 Å². The van der Waals surface area contributed by atoms with E-state index < -0.39 is 5.92 Å². The van der Waals surface area contributed by atoms with Gasteiger partial charge in [-0.3, -0.25) is 9.69 Å². The number of aliphatic imine (C=N–C) groups is 1. The molecule has 1 unspecified atom stereocenters. The molecule has 2 aliphatic heterocycles. The number of methoxy groups -OCH3 is 1. The minimum absolute atomic E-state index is 0.0315. The van der Waals surface area contributed by atoms with Gasteiger partial charge in [0, 0.05) is 18.8 Å². The molecule has 1 fully saturated rings. The maximum absolute atomic E-state index is 13.1. The molecule has 1 aromatic carbocycles. The molecule has 3 aliphatic rings. The predicted molar refractivity (Wildman–Crippen MR) is 107 cm³/mol. The van der Waals surface area contributed by atoms with Crippen LogP contribution >= 0.6 is 12.2 Å². The molecule has 27 heavy (non-hydrogen) atoms. The number of carbonyl (C=O) groups is 1. The molecule has 4 rings (SSSR count). The molecule has 7 heteroatoms. The Balaban J connectivity index is 1.55. The van der Waals surface area contributed by atoms with Crippen LogP contribution in [0.15, 0.2) is 53.2 Å². The van der Waals surface area contributed by atoms with Gasteiger partial charge in [-0.25, -0.2) is 4.99 Å². The molecule has 0 N–H and O–H groups in total. The van der Waals surface area contributed by atoms with Gasteiger partial charge in [0.05, 0.1) is 32.6 Å². The predicted octanol–water partition coefficient (Wildman–Crippen LogP) is 2.17. The maximum atomic E-state index is 13.1. The highest BCUT2D eigenvalue weighted by Gasteiger charge is 2.35. The third kappa shape index (κ3) is 3.65. The first-order valence-corrected chi connectivity index (χ1v) is 9.36. The molecule has 0 bridgehead atoms. The van der Waals surface area contributed by atoms with Gasteiger partial charge >= 0.3 is 0 Å². The second kappa shape index (κ2) is 7.62. The van der Waals surface area contributed by atoms with Crippen molar-refractivity contribution in [2.75, 3.05) is 33.4 Å². The molecule has 2 heterocycles. The summed E-state index contributed by atoms with van der Waals surface area (Å²) in [5.74, 6) is 0.357. The average Bonchev–Trinajstić information content (AvgIpc) is 2.72. The number of morpholine rings is 1. The van der Waals surface area contributed by atoms with Crippen LogP contribution in [-0.4, -0.2) is 59.9 Å².